The zero-order chi connectivity index (χ0) is 23.3. The average Bonchev–Trinajstić information content (AvgIpc) is 3.01. The fraction of sp³-hybridized carbons (Fsp3) is 0.417. The van der Waals surface area contributed by atoms with Crippen molar-refractivity contribution in [2.45, 2.75) is 51.6 Å². The van der Waals surface area contributed by atoms with Gasteiger partial charge in [-0.15, -0.1) is 0 Å². The maximum absolute atomic E-state index is 12.7. The van der Waals surface area contributed by atoms with Gasteiger partial charge in [0.1, 0.15) is 22.6 Å². The molecule has 3 rings (SSSR count). The van der Waals surface area contributed by atoms with Gasteiger partial charge in [0.15, 0.2) is 6.61 Å². The molecule has 0 bridgehead atoms. The van der Waals surface area contributed by atoms with Crippen LogP contribution in [0.25, 0.3) is 6.08 Å². The van der Waals surface area contributed by atoms with Crippen molar-refractivity contribution in [2.75, 3.05) is 13.7 Å². The molecule has 1 amide bonds. The fourth-order valence-corrected chi connectivity index (χ4v) is 4.09. The number of methoxy groups -OCH3 is 1. The average molecular weight is 441 g/mol. The Morgan fingerprint density at radius 2 is 1.78 bits per heavy atom. The Morgan fingerprint density at radius 3 is 2.38 bits per heavy atom. The van der Waals surface area contributed by atoms with E-state index in [0.717, 1.165) is 19.3 Å². The molecule has 1 saturated carbocycles. The number of ketones is 1. The molecule has 1 fully saturated rings. The minimum Gasteiger partial charge on any atom is -0.497 e. The predicted molar refractivity (Wildman–Crippen MR) is 115 cm³/mol. The number of Topliss-reactive ketones (excluding diaryl/α,β-unsaturated/α-hetero) is 1. The minimum absolute atomic E-state index is 0.0417. The van der Waals surface area contributed by atoms with Gasteiger partial charge in [0.05, 0.1) is 7.11 Å². The molecule has 0 aromatic heterocycles. The largest absolute Gasteiger partial charge is 0.497 e. The molecule has 32 heavy (non-hydrogen) atoms. The van der Waals surface area contributed by atoms with E-state index in [1.165, 1.54) is 20.1 Å². The van der Waals surface area contributed by atoms with Crippen LogP contribution in [-0.4, -0.2) is 42.9 Å². The zero-order valence-corrected chi connectivity index (χ0v) is 18.5. The number of hydrogen-bond donors (Lipinski definition) is 1. The Bertz CT molecular complexity index is 982. The molecule has 8 heteroatoms. The molecule has 8 nitrogen and oxygen atoms in total. The van der Waals surface area contributed by atoms with Crippen molar-refractivity contribution in [1.29, 1.82) is 0 Å². The molecule has 170 valence electrons. The van der Waals surface area contributed by atoms with E-state index in [9.17, 15) is 19.2 Å². The maximum Gasteiger partial charge on any atom is 0.355 e. The summed E-state index contributed by atoms with van der Waals surface area (Å²) in [5, 5.41) is 2.42. The van der Waals surface area contributed by atoms with Gasteiger partial charge in [0.2, 0.25) is 11.7 Å². The predicted octanol–water partition coefficient (Wildman–Crippen LogP) is 2.86. The van der Waals surface area contributed by atoms with Crippen LogP contribution in [0.3, 0.4) is 0 Å². The molecule has 1 aromatic rings. The molecule has 0 saturated heterocycles. The van der Waals surface area contributed by atoms with Crippen LogP contribution in [0, 0.1) is 0 Å². The van der Waals surface area contributed by atoms with Crippen LogP contribution in [-0.2, 0) is 28.7 Å². The highest BCUT2D eigenvalue weighted by Crippen LogP contribution is 2.43. The topological polar surface area (TPSA) is 108 Å². The van der Waals surface area contributed by atoms with Crippen LogP contribution >= 0.6 is 0 Å². The van der Waals surface area contributed by atoms with E-state index in [4.69, 9.17) is 14.2 Å². The first-order chi connectivity index (χ1) is 15.3. The summed E-state index contributed by atoms with van der Waals surface area (Å²) in [4.78, 5) is 49.2. The lowest BCUT2D eigenvalue weighted by molar-refractivity contribution is -0.151. The van der Waals surface area contributed by atoms with Crippen molar-refractivity contribution in [2.24, 2.45) is 0 Å². The van der Waals surface area contributed by atoms with Crippen molar-refractivity contribution >= 4 is 29.7 Å². The number of nitrogens with one attached hydrogen (secondary N) is 1. The number of benzene rings is 1. The second-order valence-electron chi connectivity index (χ2n) is 7.96. The van der Waals surface area contributed by atoms with Gasteiger partial charge in [-0.1, -0.05) is 18.6 Å². The van der Waals surface area contributed by atoms with Gasteiger partial charge < -0.3 is 19.5 Å². The monoisotopic (exact) mass is 441 g/mol. The summed E-state index contributed by atoms with van der Waals surface area (Å²) in [6.45, 7) is 2.36. The molecule has 1 heterocycles. The Hall–Kier alpha value is -3.42. The summed E-state index contributed by atoms with van der Waals surface area (Å²) in [6.07, 6.45) is 5.74. The van der Waals surface area contributed by atoms with E-state index >= 15 is 0 Å². The number of carbonyl (C=O) groups is 4. The Labute approximate surface area is 186 Å². The normalized spacial score (nSPS) is 17.7. The smallest absolute Gasteiger partial charge is 0.355 e. The Balaban J connectivity index is 1.72. The lowest BCUT2D eigenvalue weighted by Crippen LogP contribution is -2.33. The Morgan fingerprint density at radius 1 is 1.12 bits per heavy atom. The molecule has 1 aliphatic carbocycles. The highest BCUT2D eigenvalue weighted by atomic mass is 16.6. The number of hydrogen-bond acceptors (Lipinski definition) is 7. The van der Waals surface area contributed by atoms with E-state index in [1.807, 2.05) is 0 Å². The van der Waals surface area contributed by atoms with E-state index in [1.54, 1.807) is 31.2 Å². The highest BCUT2D eigenvalue weighted by molar-refractivity contribution is 6.20. The van der Waals surface area contributed by atoms with Crippen LogP contribution < -0.4 is 10.1 Å². The molecule has 0 radical (unpaired) electrons. The van der Waals surface area contributed by atoms with E-state index in [0.29, 0.717) is 29.7 Å². The van der Waals surface area contributed by atoms with Crippen LogP contribution in [0.5, 0.6) is 5.75 Å². The Kier molecular flexibility index (Phi) is 7.12. The maximum atomic E-state index is 12.7. The minimum atomic E-state index is -0.888. The molecular formula is C24H27NO7. The molecule has 2 aliphatic rings. The number of amides is 1. The van der Waals surface area contributed by atoms with Crippen LogP contribution in [0.2, 0.25) is 0 Å². The van der Waals surface area contributed by atoms with Crippen molar-refractivity contribution in [1.82, 2.24) is 5.32 Å². The standard InChI is InChI=1S/C24H27NO7/c1-15-21(23(29)32-24(15)11-5-4-6-12-24)20(27)14-31-22(28)19(25-16(2)26)13-17-7-9-18(30-3)10-8-17/h7-10,13H,4-6,11-12,14H2,1-3H3,(H,25,26)/b19-13+. The highest BCUT2D eigenvalue weighted by Gasteiger charge is 2.47. The first-order valence-corrected chi connectivity index (χ1v) is 10.5. The van der Waals surface area contributed by atoms with E-state index in [-0.39, 0.29) is 11.3 Å². The summed E-state index contributed by atoms with van der Waals surface area (Å²) >= 11 is 0. The van der Waals surface area contributed by atoms with Crippen LogP contribution in [0.4, 0.5) is 0 Å². The van der Waals surface area contributed by atoms with Crippen molar-refractivity contribution in [3.8, 4) is 5.75 Å². The number of esters is 2. The van der Waals surface area contributed by atoms with Crippen LogP contribution in [0.15, 0.2) is 41.1 Å². The van der Waals surface area contributed by atoms with Gasteiger partial charge in [-0.05, 0) is 62.0 Å². The number of rotatable bonds is 7. The number of carbonyl (C=O) groups excluding carboxylic acids is 4. The zero-order valence-electron chi connectivity index (χ0n) is 18.5. The van der Waals surface area contributed by atoms with Gasteiger partial charge in [-0.25, -0.2) is 9.59 Å². The van der Waals surface area contributed by atoms with E-state index < -0.39 is 35.8 Å². The number of ether oxygens (including phenoxy) is 3. The van der Waals surface area contributed by atoms with E-state index in [2.05, 4.69) is 5.32 Å². The summed E-state index contributed by atoms with van der Waals surface area (Å²) in [5.41, 5.74) is 0.355. The molecular weight excluding hydrogens is 414 g/mol. The first-order valence-electron chi connectivity index (χ1n) is 10.5. The first kappa shape index (κ1) is 23.2. The molecule has 0 unspecified atom stereocenters. The van der Waals surface area contributed by atoms with Gasteiger partial charge in [0, 0.05) is 6.92 Å². The summed E-state index contributed by atoms with van der Waals surface area (Å²) in [5.74, 6) is -2.00. The molecule has 1 aromatic carbocycles. The molecule has 1 N–H and O–H groups in total. The fourth-order valence-electron chi connectivity index (χ4n) is 4.09. The van der Waals surface area contributed by atoms with Crippen LogP contribution in [0.1, 0.15) is 51.5 Å². The lowest BCUT2D eigenvalue weighted by Gasteiger charge is -2.33. The molecule has 1 aliphatic heterocycles. The van der Waals surface area contributed by atoms with Gasteiger partial charge in [0.25, 0.3) is 0 Å². The third-order valence-corrected chi connectivity index (χ3v) is 5.78. The second-order valence-corrected chi connectivity index (χ2v) is 7.96. The third kappa shape index (κ3) is 5.07. The quantitative estimate of drug-likeness (QED) is 0.394. The van der Waals surface area contributed by atoms with Crippen molar-refractivity contribution in [3.05, 3.63) is 46.7 Å². The third-order valence-electron chi connectivity index (χ3n) is 5.78. The summed E-state index contributed by atoms with van der Waals surface area (Å²) in [7, 11) is 1.54. The van der Waals surface area contributed by atoms with Crippen molar-refractivity contribution < 1.29 is 33.4 Å². The SMILES string of the molecule is COc1ccc(/C=C(/NC(C)=O)C(=O)OCC(=O)C2=C(C)C3(CCCCC3)OC2=O)cc1. The summed E-state index contributed by atoms with van der Waals surface area (Å²) in [6, 6.07) is 6.80. The summed E-state index contributed by atoms with van der Waals surface area (Å²) < 4.78 is 15.8. The van der Waals surface area contributed by atoms with Gasteiger partial charge in [-0.3, -0.25) is 9.59 Å². The second kappa shape index (κ2) is 9.80. The lowest BCUT2D eigenvalue weighted by atomic mass is 9.79. The molecule has 1 spiro atoms. The van der Waals surface area contributed by atoms with Crippen molar-refractivity contribution in [3.63, 3.8) is 0 Å². The molecule has 0 atom stereocenters. The van der Waals surface area contributed by atoms with Gasteiger partial charge >= 0.3 is 11.9 Å². The van der Waals surface area contributed by atoms with Gasteiger partial charge in [-0.2, -0.15) is 0 Å².